The summed E-state index contributed by atoms with van der Waals surface area (Å²) in [5.41, 5.74) is 16.9. The third-order valence-electron chi connectivity index (χ3n) is 15.2. The number of nitrogens with zero attached hydrogens (tertiary/aromatic N) is 1. The van der Waals surface area contributed by atoms with Crippen molar-refractivity contribution in [2.24, 2.45) is 29.1 Å². The van der Waals surface area contributed by atoms with Crippen LogP contribution < -0.4 is 4.90 Å². The Hall–Kier alpha value is -4.10. The molecule has 49 heavy (non-hydrogen) atoms. The molecule has 1 nitrogen and oxygen atoms in total. The first kappa shape index (κ1) is 28.7. The summed E-state index contributed by atoms with van der Waals surface area (Å²) in [5, 5.41) is 0. The lowest BCUT2D eigenvalue weighted by molar-refractivity contribution is -0.231. The van der Waals surface area contributed by atoms with E-state index in [2.05, 4.69) is 148 Å². The number of benzene rings is 5. The van der Waals surface area contributed by atoms with E-state index >= 15 is 0 Å². The molecular weight excluding hydrogens is 591 g/mol. The molecule has 11 rings (SSSR count). The monoisotopic (exact) mass is 637 g/mol. The van der Waals surface area contributed by atoms with Gasteiger partial charge in [-0.1, -0.05) is 113 Å². The minimum Gasteiger partial charge on any atom is -0.310 e. The lowest BCUT2D eigenvalue weighted by atomic mass is 9.27. The summed E-state index contributed by atoms with van der Waals surface area (Å²) in [7, 11) is 0. The lowest BCUT2D eigenvalue weighted by Crippen LogP contribution is -2.73. The second-order valence-corrected chi connectivity index (χ2v) is 18.0. The molecule has 0 N–H and O–H groups in total. The van der Waals surface area contributed by atoms with Crippen LogP contribution in [0.3, 0.4) is 0 Å². The molecule has 0 heterocycles. The van der Waals surface area contributed by atoms with Gasteiger partial charge in [-0.15, -0.1) is 0 Å². The molecule has 2 spiro atoms. The summed E-state index contributed by atoms with van der Waals surface area (Å²) in [6.07, 6.45) is 8.26. The summed E-state index contributed by atoms with van der Waals surface area (Å²) < 4.78 is 0. The molecule has 0 aromatic heterocycles. The predicted molar refractivity (Wildman–Crippen MR) is 203 cm³/mol. The molecular formula is C48H47N. The lowest BCUT2D eigenvalue weighted by Gasteiger charge is -2.76. The first-order chi connectivity index (χ1) is 23.7. The fraction of sp³-hybridized carbons (Fsp3) is 0.375. The summed E-state index contributed by atoms with van der Waals surface area (Å²) in [4.78, 5) is 2.66. The van der Waals surface area contributed by atoms with Crippen LogP contribution in [0, 0.1) is 29.1 Å². The quantitative estimate of drug-likeness (QED) is 0.189. The highest BCUT2D eigenvalue weighted by molar-refractivity contribution is 5.98. The van der Waals surface area contributed by atoms with Crippen molar-refractivity contribution >= 4 is 17.1 Å². The molecule has 6 unspecified atom stereocenters. The van der Waals surface area contributed by atoms with Crippen molar-refractivity contribution in [2.75, 3.05) is 4.90 Å². The van der Waals surface area contributed by atoms with Gasteiger partial charge in [-0.3, -0.25) is 0 Å². The number of hydrogen-bond acceptors (Lipinski definition) is 1. The van der Waals surface area contributed by atoms with Gasteiger partial charge in [-0.05, 0) is 148 Å². The zero-order valence-electron chi connectivity index (χ0n) is 29.5. The van der Waals surface area contributed by atoms with Gasteiger partial charge in [0.2, 0.25) is 0 Å². The van der Waals surface area contributed by atoms with E-state index in [0.29, 0.717) is 5.41 Å². The third kappa shape index (κ3) is 3.38. The number of fused-ring (bicyclic) bond motifs is 9. The maximum Gasteiger partial charge on any atom is 0.0543 e. The summed E-state index contributed by atoms with van der Waals surface area (Å²) >= 11 is 0. The van der Waals surface area contributed by atoms with Gasteiger partial charge >= 0.3 is 0 Å². The van der Waals surface area contributed by atoms with E-state index in [1.165, 1.54) is 89.0 Å². The molecule has 1 heteroatoms. The van der Waals surface area contributed by atoms with E-state index < -0.39 is 0 Å². The molecule has 244 valence electrons. The molecule has 0 radical (unpaired) electrons. The zero-order chi connectivity index (χ0) is 32.9. The van der Waals surface area contributed by atoms with Crippen LogP contribution in [-0.2, 0) is 16.2 Å². The van der Waals surface area contributed by atoms with Crippen molar-refractivity contribution in [2.45, 2.75) is 82.5 Å². The highest BCUT2D eigenvalue weighted by atomic mass is 15.2. The minimum absolute atomic E-state index is 0.0798. The van der Waals surface area contributed by atoms with Crippen LogP contribution in [0.2, 0.25) is 0 Å². The maximum absolute atomic E-state index is 2.66. The highest BCUT2D eigenvalue weighted by Gasteiger charge is 2.84. The van der Waals surface area contributed by atoms with Gasteiger partial charge in [0, 0.05) is 16.7 Å². The average Bonchev–Trinajstić information content (AvgIpc) is 3.75. The van der Waals surface area contributed by atoms with Crippen LogP contribution in [0.25, 0.3) is 22.3 Å². The Kier molecular flexibility index (Phi) is 5.49. The zero-order valence-corrected chi connectivity index (χ0v) is 29.5. The van der Waals surface area contributed by atoms with Crippen molar-refractivity contribution in [3.8, 4) is 22.3 Å². The molecule has 0 saturated heterocycles. The van der Waals surface area contributed by atoms with Crippen molar-refractivity contribution in [3.05, 3.63) is 138 Å². The van der Waals surface area contributed by atoms with E-state index in [9.17, 15) is 0 Å². The summed E-state index contributed by atoms with van der Waals surface area (Å²) in [6.45, 7) is 9.87. The Balaban J connectivity index is 1.20. The van der Waals surface area contributed by atoms with E-state index in [4.69, 9.17) is 0 Å². The van der Waals surface area contributed by atoms with Crippen LogP contribution in [-0.4, -0.2) is 0 Å². The Bertz CT molecular complexity index is 2170. The van der Waals surface area contributed by atoms with Crippen LogP contribution in [0.15, 0.2) is 115 Å². The predicted octanol–water partition coefficient (Wildman–Crippen LogP) is 12.5. The molecule has 5 aromatic carbocycles. The van der Waals surface area contributed by atoms with Crippen LogP contribution in [0.1, 0.15) is 88.5 Å². The highest BCUT2D eigenvalue weighted by Crippen LogP contribution is 2.90. The first-order valence-corrected chi connectivity index (χ1v) is 19.1. The Morgan fingerprint density at radius 2 is 1.27 bits per heavy atom. The average molecular weight is 638 g/mol. The van der Waals surface area contributed by atoms with Gasteiger partial charge < -0.3 is 4.90 Å². The van der Waals surface area contributed by atoms with Crippen molar-refractivity contribution in [1.82, 2.24) is 0 Å². The van der Waals surface area contributed by atoms with E-state index in [1.807, 2.05) is 0 Å². The molecule has 2 bridgehead atoms. The van der Waals surface area contributed by atoms with E-state index in [0.717, 1.165) is 23.7 Å². The molecule has 4 fully saturated rings. The molecule has 5 aromatic rings. The van der Waals surface area contributed by atoms with Gasteiger partial charge in [0.25, 0.3) is 0 Å². The van der Waals surface area contributed by atoms with Crippen molar-refractivity contribution in [3.63, 3.8) is 0 Å². The topological polar surface area (TPSA) is 3.24 Å². The molecule has 4 saturated carbocycles. The Morgan fingerprint density at radius 3 is 2.04 bits per heavy atom. The van der Waals surface area contributed by atoms with Gasteiger partial charge in [0.15, 0.2) is 0 Å². The first-order valence-electron chi connectivity index (χ1n) is 19.1. The standard InChI is InChI=1S/C48H47N/c1-45(2)23-24-46(3,4)44-38(45)18-12-20-40(44)49(34-15-9-6-10-16-34)39-19-11-17-37-43(39)35-27-32(31-13-7-5-8-14-31)21-22-36(35)48(37)41-26-30-25-33-28-42(48)47(33,41)29-30/h5-22,27,30,33,41-42H,23-26,28-29H2,1-4H3. The maximum atomic E-state index is 2.66. The van der Waals surface area contributed by atoms with Crippen LogP contribution in [0.4, 0.5) is 17.1 Å². The largest absolute Gasteiger partial charge is 0.310 e. The number of rotatable bonds is 4. The molecule has 6 atom stereocenters. The Labute approximate surface area is 292 Å². The fourth-order valence-electron chi connectivity index (χ4n) is 13.3. The van der Waals surface area contributed by atoms with Gasteiger partial charge in [-0.2, -0.15) is 0 Å². The number of para-hydroxylation sites is 1. The summed E-state index contributed by atoms with van der Waals surface area (Å²) in [6, 6.07) is 44.5. The van der Waals surface area contributed by atoms with Gasteiger partial charge in [0.05, 0.1) is 11.4 Å². The van der Waals surface area contributed by atoms with Crippen LogP contribution in [0.5, 0.6) is 0 Å². The van der Waals surface area contributed by atoms with Crippen molar-refractivity contribution in [1.29, 1.82) is 0 Å². The normalized spacial score (nSPS) is 31.3. The smallest absolute Gasteiger partial charge is 0.0543 e. The third-order valence-corrected chi connectivity index (χ3v) is 15.2. The van der Waals surface area contributed by atoms with E-state index in [-0.39, 0.29) is 16.2 Å². The van der Waals surface area contributed by atoms with Gasteiger partial charge in [-0.25, -0.2) is 0 Å². The minimum atomic E-state index is 0.0798. The second-order valence-electron chi connectivity index (χ2n) is 18.0. The fourth-order valence-corrected chi connectivity index (χ4v) is 13.3. The van der Waals surface area contributed by atoms with E-state index in [1.54, 1.807) is 11.1 Å². The molecule has 6 aliphatic rings. The number of hydrogen-bond donors (Lipinski definition) is 0. The van der Waals surface area contributed by atoms with Crippen molar-refractivity contribution < 1.29 is 0 Å². The second kappa shape index (κ2) is 9.36. The molecule has 0 aliphatic heterocycles. The summed E-state index contributed by atoms with van der Waals surface area (Å²) in [5.74, 6) is 3.50. The molecule has 6 aliphatic carbocycles. The number of anilines is 3. The van der Waals surface area contributed by atoms with Gasteiger partial charge in [0.1, 0.15) is 0 Å². The SMILES string of the molecule is CC1(C)CCC(C)(C)c2c(N(c3ccccc3)c3cccc4c3-c3cc(-c5ccccc5)ccc3C43C4CC5CC6CC3C64C5)cccc21. The Morgan fingerprint density at radius 1 is 0.571 bits per heavy atom. The van der Waals surface area contributed by atoms with Crippen LogP contribution >= 0.6 is 0 Å². The molecule has 0 amide bonds.